The molecule has 0 aliphatic rings. The van der Waals surface area contributed by atoms with Crippen molar-refractivity contribution in [3.05, 3.63) is 58.4 Å². The Morgan fingerprint density at radius 1 is 1.12 bits per heavy atom. The monoisotopic (exact) mass is 244 g/mol. The van der Waals surface area contributed by atoms with Crippen molar-refractivity contribution in [2.45, 2.75) is 6.92 Å². The lowest BCUT2D eigenvalue weighted by Gasteiger charge is -2.05. The van der Waals surface area contributed by atoms with Gasteiger partial charge in [0.05, 0.1) is 5.02 Å². The van der Waals surface area contributed by atoms with Crippen molar-refractivity contribution < 1.29 is 4.39 Å². The number of halogens is 2. The molecule has 0 nitrogen and oxygen atoms in total. The molecule has 2 heteroatoms. The van der Waals surface area contributed by atoms with E-state index in [0.717, 1.165) is 22.3 Å². The molecule has 84 valence electrons. The first-order valence-corrected chi connectivity index (χ1v) is 5.51. The highest BCUT2D eigenvalue weighted by atomic mass is 35.5. The second kappa shape index (κ2) is 4.61. The predicted molar refractivity (Wildman–Crippen MR) is 69.5 cm³/mol. The van der Waals surface area contributed by atoms with E-state index in [1.807, 2.05) is 25.1 Å². The molecule has 2 rings (SSSR count). The van der Waals surface area contributed by atoms with Crippen LogP contribution in [0.5, 0.6) is 0 Å². The average molecular weight is 245 g/mol. The summed E-state index contributed by atoms with van der Waals surface area (Å²) < 4.78 is 13.4. The van der Waals surface area contributed by atoms with Crippen molar-refractivity contribution in [3.63, 3.8) is 0 Å². The van der Waals surface area contributed by atoms with Gasteiger partial charge in [0.1, 0.15) is 5.82 Å². The van der Waals surface area contributed by atoms with E-state index < -0.39 is 5.82 Å². The van der Waals surface area contributed by atoms with Crippen LogP contribution >= 0.6 is 11.6 Å². The molecule has 0 amide bonds. The zero-order chi connectivity index (χ0) is 12.4. The standard InChI is InChI=1S/C15H10ClF/c1-3-11-6-10(2)7-13(8-11)12-4-5-14(16)15(17)9-12/h1,4-9H,2H3. The van der Waals surface area contributed by atoms with E-state index in [2.05, 4.69) is 5.92 Å². The summed E-state index contributed by atoms with van der Waals surface area (Å²) in [5, 5.41) is 0.124. The van der Waals surface area contributed by atoms with Crippen LogP contribution in [0.4, 0.5) is 4.39 Å². The molecule has 0 N–H and O–H groups in total. The molecule has 0 fully saturated rings. The molecule has 0 atom stereocenters. The van der Waals surface area contributed by atoms with Gasteiger partial charge in [-0.15, -0.1) is 6.42 Å². The van der Waals surface area contributed by atoms with Gasteiger partial charge in [0.25, 0.3) is 0 Å². The normalized spacial score (nSPS) is 10.0. The van der Waals surface area contributed by atoms with Crippen LogP contribution in [0, 0.1) is 25.1 Å². The van der Waals surface area contributed by atoms with Gasteiger partial charge in [-0.05, 0) is 47.9 Å². The van der Waals surface area contributed by atoms with E-state index in [0.29, 0.717) is 0 Å². The Kier molecular flexibility index (Phi) is 3.17. The number of benzene rings is 2. The van der Waals surface area contributed by atoms with E-state index in [1.165, 1.54) is 6.07 Å². The molecule has 0 aromatic heterocycles. The topological polar surface area (TPSA) is 0 Å². The van der Waals surface area contributed by atoms with Crippen molar-refractivity contribution in [3.8, 4) is 23.5 Å². The van der Waals surface area contributed by atoms with E-state index in [4.69, 9.17) is 18.0 Å². The first-order valence-electron chi connectivity index (χ1n) is 5.14. The Balaban J connectivity index is 2.56. The fraction of sp³-hybridized carbons (Fsp3) is 0.0667. The lowest BCUT2D eigenvalue weighted by atomic mass is 10.0. The summed E-state index contributed by atoms with van der Waals surface area (Å²) >= 11 is 5.65. The number of rotatable bonds is 1. The minimum absolute atomic E-state index is 0.124. The quantitative estimate of drug-likeness (QED) is 0.651. The van der Waals surface area contributed by atoms with Crippen molar-refractivity contribution in [1.29, 1.82) is 0 Å². The summed E-state index contributed by atoms with van der Waals surface area (Å²) in [5.41, 5.74) is 3.50. The van der Waals surface area contributed by atoms with Crippen molar-refractivity contribution in [1.82, 2.24) is 0 Å². The van der Waals surface area contributed by atoms with Gasteiger partial charge in [0.2, 0.25) is 0 Å². The minimum Gasteiger partial charge on any atom is -0.205 e. The summed E-state index contributed by atoms with van der Waals surface area (Å²) in [6, 6.07) is 10.5. The van der Waals surface area contributed by atoms with E-state index in [9.17, 15) is 4.39 Å². The van der Waals surface area contributed by atoms with Crippen LogP contribution in [0.3, 0.4) is 0 Å². The first-order chi connectivity index (χ1) is 8.10. The smallest absolute Gasteiger partial charge is 0.142 e. The Bertz CT molecular complexity index is 609. The third-order valence-corrected chi connectivity index (χ3v) is 2.80. The Hall–Kier alpha value is -1.78. The largest absolute Gasteiger partial charge is 0.205 e. The molecule has 0 spiro atoms. The Labute approximate surface area is 105 Å². The molecule has 0 aliphatic heterocycles. The molecule has 0 radical (unpaired) electrons. The summed E-state index contributed by atoms with van der Waals surface area (Å²) in [4.78, 5) is 0. The van der Waals surface area contributed by atoms with Gasteiger partial charge in [-0.3, -0.25) is 0 Å². The third kappa shape index (κ3) is 2.49. The Morgan fingerprint density at radius 2 is 1.88 bits per heavy atom. The SMILES string of the molecule is C#Cc1cc(C)cc(-c2ccc(Cl)c(F)c2)c1. The van der Waals surface area contributed by atoms with Gasteiger partial charge in [0, 0.05) is 5.56 Å². The van der Waals surface area contributed by atoms with E-state index in [-0.39, 0.29) is 5.02 Å². The van der Waals surface area contributed by atoms with Crippen LogP contribution in [0.1, 0.15) is 11.1 Å². The van der Waals surface area contributed by atoms with Crippen LogP contribution in [0.2, 0.25) is 5.02 Å². The summed E-state index contributed by atoms with van der Waals surface area (Å²) in [6.07, 6.45) is 5.37. The zero-order valence-electron chi connectivity index (χ0n) is 9.30. The maximum Gasteiger partial charge on any atom is 0.142 e. The number of terminal acetylenes is 1. The molecular formula is C15H10ClF. The molecule has 17 heavy (non-hydrogen) atoms. The highest BCUT2D eigenvalue weighted by molar-refractivity contribution is 6.30. The maximum absolute atomic E-state index is 13.4. The van der Waals surface area contributed by atoms with Gasteiger partial charge in [-0.2, -0.15) is 0 Å². The van der Waals surface area contributed by atoms with Gasteiger partial charge < -0.3 is 0 Å². The van der Waals surface area contributed by atoms with Crippen LogP contribution in [0.15, 0.2) is 36.4 Å². The van der Waals surface area contributed by atoms with Crippen LogP contribution in [0.25, 0.3) is 11.1 Å². The number of hydrogen-bond donors (Lipinski definition) is 0. The van der Waals surface area contributed by atoms with E-state index >= 15 is 0 Å². The summed E-state index contributed by atoms with van der Waals surface area (Å²) in [7, 11) is 0. The first kappa shape index (κ1) is 11.7. The van der Waals surface area contributed by atoms with E-state index in [1.54, 1.807) is 12.1 Å². The van der Waals surface area contributed by atoms with Crippen LogP contribution in [-0.2, 0) is 0 Å². The average Bonchev–Trinajstić information content (AvgIpc) is 2.32. The number of aryl methyl sites for hydroxylation is 1. The predicted octanol–water partition coefficient (Wildman–Crippen LogP) is 4.44. The lowest BCUT2D eigenvalue weighted by Crippen LogP contribution is -1.85. The second-order valence-corrected chi connectivity index (χ2v) is 4.27. The summed E-state index contributed by atoms with van der Waals surface area (Å²) in [5.74, 6) is 2.16. The molecule has 0 unspecified atom stereocenters. The van der Waals surface area contributed by atoms with Gasteiger partial charge >= 0.3 is 0 Å². The maximum atomic E-state index is 13.4. The molecule has 2 aromatic rings. The van der Waals surface area contributed by atoms with Crippen LogP contribution in [-0.4, -0.2) is 0 Å². The van der Waals surface area contributed by atoms with Crippen molar-refractivity contribution in [2.75, 3.05) is 0 Å². The number of hydrogen-bond acceptors (Lipinski definition) is 0. The third-order valence-electron chi connectivity index (χ3n) is 2.50. The highest BCUT2D eigenvalue weighted by Gasteiger charge is 2.04. The van der Waals surface area contributed by atoms with Gasteiger partial charge in [0.15, 0.2) is 0 Å². The fourth-order valence-corrected chi connectivity index (χ4v) is 1.83. The van der Waals surface area contributed by atoms with Gasteiger partial charge in [-0.1, -0.05) is 29.7 Å². The highest BCUT2D eigenvalue weighted by Crippen LogP contribution is 2.25. The second-order valence-electron chi connectivity index (χ2n) is 3.86. The Morgan fingerprint density at radius 3 is 2.53 bits per heavy atom. The summed E-state index contributed by atoms with van der Waals surface area (Å²) in [6.45, 7) is 1.95. The molecule has 0 heterocycles. The van der Waals surface area contributed by atoms with Crippen LogP contribution < -0.4 is 0 Å². The van der Waals surface area contributed by atoms with Crippen molar-refractivity contribution in [2.24, 2.45) is 0 Å². The van der Waals surface area contributed by atoms with Crippen molar-refractivity contribution >= 4 is 11.6 Å². The lowest BCUT2D eigenvalue weighted by molar-refractivity contribution is 0.629. The van der Waals surface area contributed by atoms with Gasteiger partial charge in [-0.25, -0.2) is 4.39 Å². The molecule has 0 bridgehead atoms. The molecule has 0 saturated carbocycles. The molecular weight excluding hydrogens is 235 g/mol. The molecule has 0 aliphatic carbocycles. The fourth-order valence-electron chi connectivity index (χ4n) is 1.71. The molecule has 2 aromatic carbocycles. The minimum atomic E-state index is -0.423. The zero-order valence-corrected chi connectivity index (χ0v) is 10.1. The molecule has 0 saturated heterocycles.